The van der Waals surface area contributed by atoms with Crippen LogP contribution in [0.2, 0.25) is 0 Å². The Morgan fingerprint density at radius 1 is 1.00 bits per heavy atom. The van der Waals surface area contributed by atoms with Crippen LogP contribution in [0, 0.1) is 40.9 Å². The Hall–Kier alpha value is -3.03. The number of ether oxygens (including phenoxy) is 1. The summed E-state index contributed by atoms with van der Waals surface area (Å²) in [5.41, 5.74) is 1.51. The predicted octanol–water partition coefficient (Wildman–Crippen LogP) is 4.22. The van der Waals surface area contributed by atoms with Gasteiger partial charge in [0.25, 0.3) is 0 Å². The highest BCUT2D eigenvalue weighted by atomic mass is 16.6. The Morgan fingerprint density at radius 3 is 2.15 bits per heavy atom. The molecule has 5 rings (SSSR count). The summed E-state index contributed by atoms with van der Waals surface area (Å²) in [4.78, 5) is 66.0. The number of carbonyl (C=O) groups is 5. The smallest absolute Gasteiger partial charge is 0.408 e. The molecule has 0 bridgehead atoms. The minimum Gasteiger partial charge on any atom is -0.444 e. The van der Waals surface area contributed by atoms with Crippen molar-refractivity contribution in [1.29, 1.82) is 0 Å². The molecule has 1 aromatic rings. The summed E-state index contributed by atoms with van der Waals surface area (Å²) in [6.45, 7) is 10.8. The Morgan fingerprint density at radius 2 is 1.61 bits per heavy atom. The molecule has 3 saturated carbocycles. The van der Waals surface area contributed by atoms with E-state index in [0.29, 0.717) is 31.6 Å². The zero-order chi connectivity index (χ0) is 29.9. The molecule has 0 saturated heterocycles. The normalized spacial score (nSPS) is 27.7. The number of ketones is 3. The van der Waals surface area contributed by atoms with Crippen molar-refractivity contribution in [2.24, 2.45) is 40.9 Å². The van der Waals surface area contributed by atoms with Crippen LogP contribution in [0.15, 0.2) is 24.3 Å². The fraction of sp³-hybridized carbons (Fsp3) is 0.667. The maximum atomic E-state index is 14.4. The molecule has 2 amide bonds. The van der Waals surface area contributed by atoms with Gasteiger partial charge in [0.1, 0.15) is 5.60 Å². The van der Waals surface area contributed by atoms with Gasteiger partial charge in [-0.1, -0.05) is 51.0 Å². The lowest BCUT2D eigenvalue weighted by molar-refractivity contribution is -0.140. The summed E-state index contributed by atoms with van der Waals surface area (Å²) < 4.78 is 5.55. The van der Waals surface area contributed by atoms with Crippen LogP contribution in [0.25, 0.3) is 0 Å². The summed E-state index contributed by atoms with van der Waals surface area (Å²) in [6.07, 6.45) is 3.66. The van der Waals surface area contributed by atoms with Gasteiger partial charge in [0.05, 0.1) is 18.0 Å². The molecular formula is C33H44N2O6. The number of hydrogen-bond donors (Lipinski definition) is 2. The highest BCUT2D eigenvalue weighted by Gasteiger charge is 2.70. The van der Waals surface area contributed by atoms with Crippen LogP contribution >= 0.6 is 0 Å². The summed E-state index contributed by atoms with van der Waals surface area (Å²) in [5.74, 6) is -2.42. The van der Waals surface area contributed by atoms with Gasteiger partial charge in [-0.05, 0) is 86.7 Å². The van der Waals surface area contributed by atoms with Gasteiger partial charge >= 0.3 is 6.09 Å². The van der Waals surface area contributed by atoms with Crippen molar-refractivity contribution in [2.75, 3.05) is 0 Å². The number of Topliss-reactive ketones (excluding diaryl/α,β-unsaturated/α-hetero) is 3. The molecule has 4 aliphatic carbocycles. The highest BCUT2D eigenvalue weighted by molar-refractivity contribution is 6.38. The average Bonchev–Trinajstić information content (AvgIpc) is 3.63. The SMILES string of the molecule is CC(=O)C(=O)C(CC1CC1)NC(=O)C1C(C(=O)C(NC(=O)OC(C)(C)C)C2Cc3ccccc3C2)CC2C1C2(C)C. The van der Waals surface area contributed by atoms with E-state index in [0.717, 1.165) is 24.0 Å². The average molecular weight is 565 g/mol. The van der Waals surface area contributed by atoms with Crippen molar-refractivity contribution in [3.05, 3.63) is 35.4 Å². The van der Waals surface area contributed by atoms with E-state index in [9.17, 15) is 24.0 Å². The summed E-state index contributed by atoms with van der Waals surface area (Å²) >= 11 is 0. The van der Waals surface area contributed by atoms with Gasteiger partial charge in [-0.3, -0.25) is 19.2 Å². The second-order valence-corrected chi connectivity index (χ2v) is 14.4. The van der Waals surface area contributed by atoms with Crippen LogP contribution in [0.5, 0.6) is 0 Å². The number of benzene rings is 1. The minimum atomic E-state index is -0.857. The van der Waals surface area contributed by atoms with Gasteiger partial charge in [0, 0.05) is 12.8 Å². The quantitative estimate of drug-likeness (QED) is 0.411. The van der Waals surface area contributed by atoms with Gasteiger partial charge in [-0.2, -0.15) is 0 Å². The first-order valence-corrected chi connectivity index (χ1v) is 15.1. The topological polar surface area (TPSA) is 119 Å². The van der Waals surface area contributed by atoms with Gasteiger partial charge in [-0.15, -0.1) is 0 Å². The fourth-order valence-electron chi connectivity index (χ4n) is 7.61. The molecule has 0 radical (unpaired) electrons. The van der Waals surface area contributed by atoms with Crippen molar-refractivity contribution in [1.82, 2.24) is 10.6 Å². The van der Waals surface area contributed by atoms with Gasteiger partial charge in [0.15, 0.2) is 11.6 Å². The molecule has 41 heavy (non-hydrogen) atoms. The van der Waals surface area contributed by atoms with E-state index in [4.69, 9.17) is 4.74 Å². The number of alkyl carbamates (subject to hydrolysis) is 1. The van der Waals surface area contributed by atoms with E-state index in [2.05, 4.69) is 36.6 Å². The minimum absolute atomic E-state index is 0.00778. The standard InChI is InChI=1S/C33H44N2O6/c1-17(36)28(37)24(13-18-11-12-18)34-30(39)25-22(16-23-26(25)33(23,5)6)29(38)27(35-31(40)41-32(2,3)4)21-14-19-9-7-8-10-20(19)15-21/h7-10,18,21-27H,11-16H2,1-6H3,(H,34,39)(H,35,40). The third kappa shape index (κ3) is 6.12. The lowest BCUT2D eigenvalue weighted by Gasteiger charge is -2.32. The van der Waals surface area contributed by atoms with E-state index < -0.39 is 47.2 Å². The lowest BCUT2D eigenvalue weighted by Crippen LogP contribution is -2.53. The molecule has 0 aliphatic heterocycles. The largest absolute Gasteiger partial charge is 0.444 e. The molecule has 0 spiro atoms. The van der Waals surface area contributed by atoms with Crippen molar-refractivity contribution < 1.29 is 28.7 Å². The second kappa shape index (κ2) is 10.7. The Balaban J connectivity index is 1.39. The molecular weight excluding hydrogens is 520 g/mol. The molecule has 2 N–H and O–H groups in total. The van der Waals surface area contributed by atoms with Gasteiger partial charge < -0.3 is 15.4 Å². The van der Waals surface area contributed by atoms with E-state index in [1.165, 1.54) is 6.92 Å². The van der Waals surface area contributed by atoms with Crippen LogP contribution in [0.3, 0.4) is 0 Å². The van der Waals surface area contributed by atoms with Crippen molar-refractivity contribution in [3.63, 3.8) is 0 Å². The molecule has 0 aromatic heterocycles. The third-order valence-corrected chi connectivity index (χ3v) is 9.91. The molecule has 0 heterocycles. The zero-order valence-corrected chi connectivity index (χ0v) is 25.1. The monoisotopic (exact) mass is 564 g/mol. The van der Waals surface area contributed by atoms with Crippen LogP contribution in [-0.2, 0) is 36.8 Å². The number of nitrogens with one attached hydrogen (secondary N) is 2. The van der Waals surface area contributed by atoms with E-state index >= 15 is 0 Å². The van der Waals surface area contributed by atoms with Crippen molar-refractivity contribution in [3.8, 4) is 0 Å². The lowest BCUT2D eigenvalue weighted by atomic mass is 9.76. The second-order valence-electron chi connectivity index (χ2n) is 14.4. The predicted molar refractivity (Wildman–Crippen MR) is 153 cm³/mol. The molecule has 6 atom stereocenters. The van der Waals surface area contributed by atoms with Crippen LogP contribution in [0.4, 0.5) is 4.79 Å². The molecule has 3 fully saturated rings. The van der Waals surface area contributed by atoms with Crippen molar-refractivity contribution in [2.45, 2.75) is 97.8 Å². The molecule has 1 aromatic carbocycles. The van der Waals surface area contributed by atoms with Gasteiger partial charge in [0.2, 0.25) is 11.7 Å². The molecule has 222 valence electrons. The molecule has 8 heteroatoms. The Labute approximate surface area is 242 Å². The first-order valence-electron chi connectivity index (χ1n) is 15.1. The summed E-state index contributed by atoms with van der Waals surface area (Å²) in [6, 6.07) is 6.41. The summed E-state index contributed by atoms with van der Waals surface area (Å²) in [7, 11) is 0. The molecule has 4 aliphatic rings. The number of rotatable bonds is 10. The molecule has 8 nitrogen and oxygen atoms in total. The van der Waals surface area contributed by atoms with E-state index in [-0.39, 0.29) is 34.9 Å². The first-order chi connectivity index (χ1) is 19.2. The van der Waals surface area contributed by atoms with Crippen LogP contribution in [0.1, 0.15) is 78.4 Å². The Kier molecular flexibility index (Phi) is 7.66. The van der Waals surface area contributed by atoms with E-state index in [1.807, 2.05) is 12.1 Å². The highest BCUT2D eigenvalue weighted by Crippen LogP contribution is 2.71. The third-order valence-electron chi connectivity index (χ3n) is 9.91. The molecule has 6 unspecified atom stereocenters. The van der Waals surface area contributed by atoms with Crippen LogP contribution in [-0.4, -0.2) is 47.0 Å². The van der Waals surface area contributed by atoms with Gasteiger partial charge in [-0.25, -0.2) is 4.79 Å². The fourth-order valence-corrected chi connectivity index (χ4v) is 7.61. The van der Waals surface area contributed by atoms with Crippen LogP contribution < -0.4 is 10.6 Å². The Bertz CT molecular complexity index is 1230. The number of hydrogen-bond acceptors (Lipinski definition) is 6. The number of fused-ring (bicyclic) bond motifs is 2. The van der Waals surface area contributed by atoms with E-state index in [1.54, 1.807) is 20.8 Å². The maximum Gasteiger partial charge on any atom is 0.408 e. The van der Waals surface area contributed by atoms with Crippen molar-refractivity contribution >= 4 is 29.4 Å². The first kappa shape index (κ1) is 29.5. The number of carbonyl (C=O) groups excluding carboxylic acids is 5. The summed E-state index contributed by atoms with van der Waals surface area (Å²) in [5, 5.41) is 5.82. The number of amides is 2. The zero-order valence-electron chi connectivity index (χ0n) is 25.1. The maximum absolute atomic E-state index is 14.4.